The summed E-state index contributed by atoms with van der Waals surface area (Å²) in [5.41, 5.74) is 7.55. The number of allylic oxidation sites excluding steroid dienone is 2. The normalized spacial score (nSPS) is 11.1. The van der Waals surface area contributed by atoms with Crippen LogP contribution in [-0.2, 0) is 0 Å². The molecule has 0 radical (unpaired) electrons. The van der Waals surface area contributed by atoms with Gasteiger partial charge < -0.3 is 5.73 Å². The molecule has 0 amide bonds. The molecule has 0 fully saturated rings. The molecular formula is C14H20ClNS. The molecule has 0 aromatic heterocycles. The van der Waals surface area contributed by atoms with Gasteiger partial charge in [0.2, 0.25) is 0 Å². The van der Waals surface area contributed by atoms with Gasteiger partial charge in [0.25, 0.3) is 0 Å². The van der Waals surface area contributed by atoms with Crippen molar-refractivity contribution < 1.29 is 0 Å². The third kappa shape index (κ3) is 7.27. The first kappa shape index (κ1) is 16.3. The monoisotopic (exact) mass is 269 g/mol. The van der Waals surface area contributed by atoms with Gasteiger partial charge in [-0.2, -0.15) is 0 Å². The Morgan fingerprint density at radius 2 is 2.06 bits per heavy atom. The van der Waals surface area contributed by atoms with Crippen LogP contribution in [0.3, 0.4) is 0 Å². The molecule has 0 spiro atoms. The van der Waals surface area contributed by atoms with E-state index in [1.54, 1.807) is 6.08 Å². The highest BCUT2D eigenvalue weighted by Gasteiger charge is 1.90. The first-order chi connectivity index (χ1) is 8.02. The van der Waals surface area contributed by atoms with Crippen molar-refractivity contribution in [1.82, 2.24) is 0 Å². The fraction of sp³-hybridized carbons (Fsp3) is 0.286. The molecule has 17 heavy (non-hydrogen) atoms. The number of thiol groups is 1. The van der Waals surface area contributed by atoms with Crippen LogP contribution in [-0.4, -0.2) is 6.54 Å². The second-order valence-corrected chi connectivity index (χ2v) is 4.57. The summed E-state index contributed by atoms with van der Waals surface area (Å²) in [4.78, 5) is 1.03. The Morgan fingerprint density at radius 1 is 1.47 bits per heavy atom. The smallest absolute Gasteiger partial charge is 0.0435 e. The zero-order valence-corrected chi connectivity index (χ0v) is 12.1. The molecule has 2 N–H and O–H groups in total. The standard InChI is InChI=1S/C7H7Cl.C7H13NS/c1-6-4-2-3-5-7(6)8;1-3-6(2)7(9)4-5-8/h2-5H,1H3;3,9H,1,4-5,8H2,2H3/b;7-6-. The predicted octanol–water partition coefficient (Wildman–Crippen LogP) is 4.37. The SMILES string of the molecule is C=C/C(C)=C(\S)CCN.Cc1ccccc1Cl. The summed E-state index contributed by atoms with van der Waals surface area (Å²) in [6, 6.07) is 7.77. The average Bonchev–Trinajstić information content (AvgIpc) is 2.33. The summed E-state index contributed by atoms with van der Waals surface area (Å²) in [6.45, 7) is 8.24. The van der Waals surface area contributed by atoms with Gasteiger partial charge in [0.05, 0.1) is 0 Å². The first-order valence-electron chi connectivity index (χ1n) is 5.45. The van der Waals surface area contributed by atoms with Crippen molar-refractivity contribution in [2.24, 2.45) is 5.73 Å². The summed E-state index contributed by atoms with van der Waals surface area (Å²) in [5, 5.41) is 0.840. The van der Waals surface area contributed by atoms with Gasteiger partial charge in [-0.15, -0.1) is 12.6 Å². The van der Waals surface area contributed by atoms with Crippen LogP contribution in [0.4, 0.5) is 0 Å². The molecule has 0 aliphatic rings. The number of nitrogens with two attached hydrogens (primary N) is 1. The molecule has 0 bridgehead atoms. The predicted molar refractivity (Wildman–Crippen MR) is 81.7 cm³/mol. The lowest BCUT2D eigenvalue weighted by atomic mass is 10.2. The maximum atomic E-state index is 5.71. The second kappa shape index (κ2) is 9.34. The van der Waals surface area contributed by atoms with Crippen molar-refractivity contribution in [2.45, 2.75) is 20.3 Å². The molecule has 0 saturated heterocycles. The first-order valence-corrected chi connectivity index (χ1v) is 6.27. The van der Waals surface area contributed by atoms with Gasteiger partial charge >= 0.3 is 0 Å². The second-order valence-electron chi connectivity index (χ2n) is 3.62. The number of hydrogen-bond acceptors (Lipinski definition) is 2. The van der Waals surface area contributed by atoms with Crippen molar-refractivity contribution >= 4 is 24.2 Å². The van der Waals surface area contributed by atoms with Gasteiger partial charge in [0.15, 0.2) is 0 Å². The van der Waals surface area contributed by atoms with Gasteiger partial charge in [0, 0.05) is 5.02 Å². The topological polar surface area (TPSA) is 26.0 Å². The van der Waals surface area contributed by atoms with E-state index >= 15 is 0 Å². The van der Waals surface area contributed by atoms with E-state index in [9.17, 15) is 0 Å². The number of rotatable bonds is 3. The van der Waals surface area contributed by atoms with Crippen molar-refractivity contribution in [3.05, 3.63) is 58.0 Å². The minimum atomic E-state index is 0.657. The van der Waals surface area contributed by atoms with Crippen LogP contribution in [0.5, 0.6) is 0 Å². The Kier molecular flexibility index (Phi) is 8.96. The molecule has 0 aliphatic heterocycles. The van der Waals surface area contributed by atoms with Crippen molar-refractivity contribution in [3.63, 3.8) is 0 Å². The van der Waals surface area contributed by atoms with E-state index in [1.807, 2.05) is 38.1 Å². The molecule has 0 saturated carbocycles. The zero-order valence-electron chi connectivity index (χ0n) is 10.4. The summed E-state index contributed by atoms with van der Waals surface area (Å²) in [5.74, 6) is 0. The van der Waals surface area contributed by atoms with Crippen LogP contribution in [0.1, 0.15) is 18.9 Å². The van der Waals surface area contributed by atoms with E-state index in [4.69, 9.17) is 17.3 Å². The summed E-state index contributed by atoms with van der Waals surface area (Å²) in [7, 11) is 0. The van der Waals surface area contributed by atoms with Gasteiger partial charge in [-0.3, -0.25) is 0 Å². The molecule has 1 aromatic carbocycles. The van der Waals surface area contributed by atoms with Gasteiger partial charge in [-0.1, -0.05) is 42.5 Å². The quantitative estimate of drug-likeness (QED) is 0.618. The molecular weight excluding hydrogens is 250 g/mol. The fourth-order valence-corrected chi connectivity index (χ4v) is 1.36. The lowest BCUT2D eigenvalue weighted by Gasteiger charge is -1.98. The zero-order chi connectivity index (χ0) is 13.3. The van der Waals surface area contributed by atoms with E-state index in [-0.39, 0.29) is 0 Å². The van der Waals surface area contributed by atoms with E-state index in [0.29, 0.717) is 6.54 Å². The Balaban J connectivity index is 0.000000302. The Morgan fingerprint density at radius 3 is 2.41 bits per heavy atom. The van der Waals surface area contributed by atoms with E-state index in [1.165, 1.54) is 0 Å². The maximum Gasteiger partial charge on any atom is 0.0435 e. The highest BCUT2D eigenvalue weighted by Crippen LogP contribution is 2.12. The number of aryl methyl sites for hydroxylation is 1. The Bertz CT molecular complexity index is 365. The molecule has 94 valence electrons. The molecule has 1 aromatic rings. The van der Waals surface area contributed by atoms with Crippen molar-refractivity contribution in [2.75, 3.05) is 6.54 Å². The molecule has 0 atom stereocenters. The summed E-state index contributed by atoms with van der Waals surface area (Å²) >= 11 is 9.92. The average molecular weight is 270 g/mol. The lowest BCUT2D eigenvalue weighted by Crippen LogP contribution is -1.98. The largest absolute Gasteiger partial charge is 0.330 e. The van der Waals surface area contributed by atoms with E-state index < -0.39 is 0 Å². The van der Waals surface area contributed by atoms with Crippen LogP contribution >= 0.6 is 24.2 Å². The number of hydrogen-bond donors (Lipinski definition) is 2. The lowest BCUT2D eigenvalue weighted by molar-refractivity contribution is 0.989. The Labute approximate surface area is 115 Å². The van der Waals surface area contributed by atoms with Crippen molar-refractivity contribution in [1.29, 1.82) is 0 Å². The van der Waals surface area contributed by atoms with Crippen LogP contribution in [0.15, 0.2) is 47.4 Å². The highest BCUT2D eigenvalue weighted by molar-refractivity contribution is 7.84. The molecule has 0 heterocycles. The highest BCUT2D eigenvalue weighted by atomic mass is 35.5. The molecule has 1 rings (SSSR count). The Hall–Kier alpha value is -0.700. The van der Waals surface area contributed by atoms with Crippen LogP contribution in [0.2, 0.25) is 5.02 Å². The number of benzene rings is 1. The van der Waals surface area contributed by atoms with Gasteiger partial charge in [0.1, 0.15) is 0 Å². The minimum absolute atomic E-state index is 0.657. The minimum Gasteiger partial charge on any atom is -0.330 e. The maximum absolute atomic E-state index is 5.71. The van der Waals surface area contributed by atoms with Crippen LogP contribution in [0, 0.1) is 6.92 Å². The van der Waals surface area contributed by atoms with E-state index in [0.717, 1.165) is 27.5 Å². The van der Waals surface area contributed by atoms with Gasteiger partial charge in [-0.05, 0) is 48.9 Å². The van der Waals surface area contributed by atoms with E-state index in [2.05, 4.69) is 19.2 Å². The van der Waals surface area contributed by atoms with Crippen LogP contribution in [0.25, 0.3) is 0 Å². The van der Waals surface area contributed by atoms with Gasteiger partial charge in [-0.25, -0.2) is 0 Å². The summed E-state index contributed by atoms with van der Waals surface area (Å²) in [6.07, 6.45) is 2.64. The van der Waals surface area contributed by atoms with Crippen molar-refractivity contribution in [3.8, 4) is 0 Å². The van der Waals surface area contributed by atoms with Crippen LogP contribution < -0.4 is 5.73 Å². The fourth-order valence-electron chi connectivity index (χ4n) is 1.00. The molecule has 0 aliphatic carbocycles. The molecule has 3 heteroatoms. The third-order valence-electron chi connectivity index (χ3n) is 2.22. The summed E-state index contributed by atoms with van der Waals surface area (Å²) < 4.78 is 0. The third-order valence-corrected chi connectivity index (χ3v) is 3.22. The molecule has 1 nitrogen and oxygen atoms in total. The molecule has 0 unspecified atom stereocenters. The number of halogens is 1.